The number of thioether (sulfide) groups is 1. The number of nitrogens with one attached hydrogen (secondary N) is 1. The van der Waals surface area contributed by atoms with E-state index >= 15 is 0 Å². The summed E-state index contributed by atoms with van der Waals surface area (Å²) in [7, 11) is 0. The van der Waals surface area contributed by atoms with Crippen LogP contribution >= 0.6 is 24.4 Å². The Hall–Kier alpha value is -0.420. The van der Waals surface area contributed by atoms with Gasteiger partial charge in [-0.3, -0.25) is 4.79 Å². The van der Waals surface area contributed by atoms with E-state index in [1.807, 2.05) is 0 Å². The average Bonchev–Trinajstić information content (AvgIpc) is 2.32. The van der Waals surface area contributed by atoms with Crippen molar-refractivity contribution in [3.05, 3.63) is 22.6 Å². The fraction of sp³-hybridized carbons (Fsp3) is 0.636. The van der Waals surface area contributed by atoms with Crippen molar-refractivity contribution in [3.8, 4) is 0 Å². The van der Waals surface area contributed by atoms with E-state index in [-0.39, 0.29) is 11.0 Å². The molecule has 0 atom stereocenters. The Morgan fingerprint density at radius 2 is 2.19 bits per heavy atom. The van der Waals surface area contributed by atoms with Gasteiger partial charge in [0.05, 0.1) is 0 Å². The van der Waals surface area contributed by atoms with Gasteiger partial charge in [-0.1, -0.05) is 25.6 Å². The van der Waals surface area contributed by atoms with Crippen LogP contribution in [0.1, 0.15) is 26.7 Å². The van der Waals surface area contributed by atoms with E-state index in [2.05, 4.69) is 36.4 Å². The zero-order valence-electron chi connectivity index (χ0n) is 9.69. The highest BCUT2D eigenvalue weighted by molar-refractivity contribution is 7.99. The maximum absolute atomic E-state index is 11.1. The number of nitrogens with zero attached hydrogens (tertiary/aromatic N) is 1. The second-order valence-electron chi connectivity index (χ2n) is 3.89. The summed E-state index contributed by atoms with van der Waals surface area (Å²) in [6.45, 7) is 4.36. The number of thiol groups is 1. The summed E-state index contributed by atoms with van der Waals surface area (Å²) in [6.07, 6.45) is 3.73. The fourth-order valence-corrected chi connectivity index (χ4v) is 3.34. The van der Waals surface area contributed by atoms with Crippen LogP contribution in [0, 0.1) is 5.41 Å². The molecule has 1 rings (SSSR count). The molecule has 16 heavy (non-hydrogen) atoms. The first-order chi connectivity index (χ1) is 7.65. The van der Waals surface area contributed by atoms with Crippen LogP contribution in [-0.4, -0.2) is 21.5 Å². The Bertz CT molecular complexity index is 366. The maximum atomic E-state index is 11.1. The van der Waals surface area contributed by atoms with E-state index in [0.717, 1.165) is 24.3 Å². The largest absolute Gasteiger partial charge is 0.301 e. The second-order valence-corrected chi connectivity index (χ2v) is 5.17. The Labute approximate surface area is 106 Å². The summed E-state index contributed by atoms with van der Waals surface area (Å²) in [5, 5.41) is 0.695. The molecule has 0 aliphatic carbocycles. The first-order valence-corrected chi connectivity index (χ1v) is 7.06. The van der Waals surface area contributed by atoms with Crippen LogP contribution in [0.25, 0.3) is 0 Å². The highest BCUT2D eigenvalue weighted by Crippen LogP contribution is 2.33. The van der Waals surface area contributed by atoms with Crippen molar-refractivity contribution < 1.29 is 0 Å². The second kappa shape index (κ2) is 6.35. The molecule has 1 N–H and O–H groups in total. The van der Waals surface area contributed by atoms with Gasteiger partial charge in [0.2, 0.25) is 0 Å². The highest BCUT2D eigenvalue weighted by Gasteiger charge is 2.24. The molecular weight excluding hydrogens is 240 g/mol. The Kier molecular flexibility index (Phi) is 5.41. The van der Waals surface area contributed by atoms with Crippen LogP contribution in [0.2, 0.25) is 0 Å². The van der Waals surface area contributed by atoms with Gasteiger partial charge in [-0.15, -0.1) is 0 Å². The average molecular weight is 258 g/mol. The molecule has 0 aromatic carbocycles. The van der Waals surface area contributed by atoms with E-state index in [1.165, 1.54) is 6.07 Å². The summed E-state index contributed by atoms with van der Waals surface area (Å²) in [6, 6.07) is 1.43. The SMILES string of the molecule is CCC(CC)(CS)CSc1nccc(=O)[nH]1. The van der Waals surface area contributed by atoms with Crippen molar-refractivity contribution in [2.75, 3.05) is 11.5 Å². The molecule has 0 fully saturated rings. The molecule has 0 unspecified atom stereocenters. The van der Waals surface area contributed by atoms with Gasteiger partial charge >= 0.3 is 0 Å². The lowest BCUT2D eigenvalue weighted by Gasteiger charge is -2.28. The number of hydrogen-bond acceptors (Lipinski definition) is 4. The maximum Gasteiger partial charge on any atom is 0.251 e. The summed E-state index contributed by atoms with van der Waals surface area (Å²) in [4.78, 5) is 18.0. The highest BCUT2D eigenvalue weighted by atomic mass is 32.2. The molecule has 0 aliphatic rings. The zero-order chi connectivity index (χ0) is 12.0. The number of aromatic amines is 1. The predicted molar refractivity (Wildman–Crippen MR) is 72.4 cm³/mol. The number of rotatable bonds is 6. The molecule has 90 valence electrons. The van der Waals surface area contributed by atoms with Crippen LogP contribution in [0.15, 0.2) is 22.2 Å². The lowest BCUT2D eigenvalue weighted by Crippen LogP contribution is -2.24. The molecule has 0 aliphatic heterocycles. The van der Waals surface area contributed by atoms with Crippen LogP contribution in [0.3, 0.4) is 0 Å². The Morgan fingerprint density at radius 1 is 1.50 bits per heavy atom. The van der Waals surface area contributed by atoms with Crippen LogP contribution in [0.5, 0.6) is 0 Å². The van der Waals surface area contributed by atoms with Gasteiger partial charge in [-0.05, 0) is 24.0 Å². The normalized spacial score (nSPS) is 11.7. The molecule has 1 heterocycles. The number of hydrogen-bond donors (Lipinski definition) is 2. The van der Waals surface area contributed by atoms with Crippen molar-refractivity contribution >= 4 is 24.4 Å². The topological polar surface area (TPSA) is 45.8 Å². The summed E-state index contributed by atoms with van der Waals surface area (Å²) < 4.78 is 0. The van der Waals surface area contributed by atoms with Gasteiger partial charge in [-0.25, -0.2) is 4.98 Å². The third-order valence-corrected chi connectivity index (χ3v) is 4.91. The van der Waals surface area contributed by atoms with E-state index in [1.54, 1.807) is 18.0 Å². The smallest absolute Gasteiger partial charge is 0.251 e. The van der Waals surface area contributed by atoms with Crippen molar-refractivity contribution in [2.24, 2.45) is 5.41 Å². The molecule has 0 spiro atoms. The quantitative estimate of drug-likeness (QED) is 0.468. The minimum absolute atomic E-state index is 0.0954. The Morgan fingerprint density at radius 3 is 2.69 bits per heavy atom. The van der Waals surface area contributed by atoms with E-state index in [0.29, 0.717) is 5.16 Å². The van der Waals surface area contributed by atoms with Gasteiger partial charge in [0.25, 0.3) is 5.56 Å². The van der Waals surface area contributed by atoms with Gasteiger partial charge in [-0.2, -0.15) is 12.6 Å². The van der Waals surface area contributed by atoms with Crippen LogP contribution < -0.4 is 5.56 Å². The molecule has 1 aromatic rings. The third kappa shape index (κ3) is 3.56. The first kappa shape index (κ1) is 13.6. The lowest BCUT2D eigenvalue weighted by atomic mass is 9.87. The predicted octanol–water partition coefficient (Wildman–Crippen LogP) is 2.60. The van der Waals surface area contributed by atoms with Gasteiger partial charge in [0.1, 0.15) is 0 Å². The molecular formula is C11H18N2OS2. The minimum Gasteiger partial charge on any atom is -0.301 e. The van der Waals surface area contributed by atoms with E-state index in [4.69, 9.17) is 0 Å². The lowest BCUT2D eigenvalue weighted by molar-refractivity contribution is 0.357. The zero-order valence-corrected chi connectivity index (χ0v) is 11.4. The molecule has 0 amide bonds. The van der Waals surface area contributed by atoms with E-state index in [9.17, 15) is 4.79 Å². The van der Waals surface area contributed by atoms with Crippen molar-refractivity contribution in [2.45, 2.75) is 31.8 Å². The van der Waals surface area contributed by atoms with Crippen molar-refractivity contribution in [1.29, 1.82) is 0 Å². The molecule has 0 bridgehead atoms. The van der Waals surface area contributed by atoms with E-state index < -0.39 is 0 Å². The van der Waals surface area contributed by atoms with Gasteiger partial charge in [0.15, 0.2) is 5.16 Å². The standard InChI is InChI=1S/C11H18N2OS2/c1-3-11(4-2,7-15)8-16-10-12-6-5-9(14)13-10/h5-6,15H,3-4,7-8H2,1-2H3,(H,12,13,14). The molecule has 5 heteroatoms. The van der Waals surface area contributed by atoms with Gasteiger partial charge in [0, 0.05) is 18.0 Å². The summed E-state index contributed by atoms with van der Waals surface area (Å²) >= 11 is 6.02. The third-order valence-electron chi connectivity index (χ3n) is 3.00. The molecule has 0 saturated carbocycles. The summed E-state index contributed by atoms with van der Waals surface area (Å²) in [5.41, 5.74) is 0.143. The van der Waals surface area contributed by atoms with Crippen LogP contribution in [-0.2, 0) is 0 Å². The summed E-state index contributed by atoms with van der Waals surface area (Å²) in [5.74, 6) is 1.81. The van der Waals surface area contributed by atoms with Gasteiger partial charge < -0.3 is 4.98 Å². The van der Waals surface area contributed by atoms with Crippen molar-refractivity contribution in [3.63, 3.8) is 0 Å². The molecule has 1 aromatic heterocycles. The fourth-order valence-electron chi connectivity index (χ4n) is 1.37. The minimum atomic E-state index is -0.0954. The van der Waals surface area contributed by atoms with Crippen molar-refractivity contribution in [1.82, 2.24) is 9.97 Å². The molecule has 3 nitrogen and oxygen atoms in total. The molecule has 0 saturated heterocycles. The first-order valence-electron chi connectivity index (χ1n) is 5.45. The molecule has 0 radical (unpaired) electrons. The number of aromatic nitrogens is 2. The Balaban J connectivity index is 2.65. The monoisotopic (exact) mass is 258 g/mol. The van der Waals surface area contributed by atoms with Crippen LogP contribution in [0.4, 0.5) is 0 Å². The number of H-pyrrole nitrogens is 1.